The van der Waals surface area contributed by atoms with Gasteiger partial charge in [-0.3, -0.25) is 4.79 Å². The molecule has 1 rings (SSSR count). The summed E-state index contributed by atoms with van der Waals surface area (Å²) < 4.78 is 5.24. The fourth-order valence-electron chi connectivity index (χ4n) is 2.26. The maximum absolute atomic E-state index is 11.0. The number of halogens is 1. The summed E-state index contributed by atoms with van der Waals surface area (Å²) in [5.74, 6) is 0.0844. The molecule has 0 saturated heterocycles. The molecular weight excluding hydrogens is 264 g/mol. The van der Waals surface area contributed by atoms with Crippen molar-refractivity contribution in [3.05, 3.63) is 28.3 Å². The molecule has 1 aromatic carbocycles. The Bertz CT molecular complexity index is 479. The van der Waals surface area contributed by atoms with Gasteiger partial charge in [-0.05, 0) is 29.2 Å². The zero-order valence-corrected chi connectivity index (χ0v) is 12.8. The quantitative estimate of drug-likeness (QED) is 0.880. The molecule has 0 aliphatic rings. The Kier molecular flexibility index (Phi) is 4.86. The molecule has 0 bridgehead atoms. The van der Waals surface area contributed by atoms with Gasteiger partial charge in [0.15, 0.2) is 0 Å². The van der Waals surface area contributed by atoms with E-state index in [1.54, 1.807) is 7.11 Å². The van der Waals surface area contributed by atoms with Crippen molar-refractivity contribution in [2.24, 2.45) is 0 Å². The molecule has 19 heavy (non-hydrogen) atoms. The van der Waals surface area contributed by atoms with Gasteiger partial charge in [-0.2, -0.15) is 0 Å². The van der Waals surface area contributed by atoms with Crippen LogP contribution >= 0.6 is 11.6 Å². The van der Waals surface area contributed by atoms with Crippen LogP contribution in [0.2, 0.25) is 5.02 Å². The van der Waals surface area contributed by atoms with Gasteiger partial charge in [-0.15, -0.1) is 0 Å². The molecule has 0 fully saturated rings. The van der Waals surface area contributed by atoms with Gasteiger partial charge < -0.3 is 9.84 Å². The summed E-state index contributed by atoms with van der Waals surface area (Å²) in [4.78, 5) is 11.0. The van der Waals surface area contributed by atoms with Gasteiger partial charge in [0, 0.05) is 5.41 Å². The molecule has 3 nitrogen and oxygen atoms in total. The SMILES string of the molecule is COc1cc(C(C)C)c(C(C)(C)CC(=O)O)cc1Cl. The van der Waals surface area contributed by atoms with Gasteiger partial charge in [-0.25, -0.2) is 0 Å². The van der Waals surface area contributed by atoms with Crippen LogP contribution in [0.15, 0.2) is 12.1 Å². The van der Waals surface area contributed by atoms with E-state index in [2.05, 4.69) is 13.8 Å². The second kappa shape index (κ2) is 5.83. The Labute approximate surface area is 119 Å². The van der Waals surface area contributed by atoms with E-state index in [9.17, 15) is 4.79 Å². The van der Waals surface area contributed by atoms with E-state index in [-0.39, 0.29) is 12.3 Å². The monoisotopic (exact) mass is 284 g/mol. The largest absolute Gasteiger partial charge is 0.495 e. The first-order valence-electron chi connectivity index (χ1n) is 6.28. The Morgan fingerprint density at radius 2 is 2.00 bits per heavy atom. The fourth-order valence-corrected chi connectivity index (χ4v) is 2.50. The molecule has 0 heterocycles. The highest BCUT2D eigenvalue weighted by Gasteiger charge is 2.28. The average Bonchev–Trinajstić information content (AvgIpc) is 2.26. The summed E-state index contributed by atoms with van der Waals surface area (Å²) in [5.41, 5.74) is 1.57. The highest BCUT2D eigenvalue weighted by molar-refractivity contribution is 6.32. The van der Waals surface area contributed by atoms with Gasteiger partial charge in [-0.1, -0.05) is 39.3 Å². The molecule has 0 aliphatic heterocycles. The minimum atomic E-state index is -0.813. The number of benzene rings is 1. The molecule has 4 heteroatoms. The lowest BCUT2D eigenvalue weighted by Gasteiger charge is -2.28. The average molecular weight is 285 g/mol. The van der Waals surface area contributed by atoms with Crippen LogP contribution in [0.3, 0.4) is 0 Å². The molecule has 0 unspecified atom stereocenters. The summed E-state index contributed by atoms with van der Waals surface area (Å²) in [6.45, 7) is 7.99. The molecule has 1 aromatic rings. The highest BCUT2D eigenvalue weighted by Crippen LogP contribution is 2.39. The van der Waals surface area contributed by atoms with Crippen molar-refractivity contribution in [2.75, 3.05) is 7.11 Å². The van der Waals surface area contributed by atoms with E-state index < -0.39 is 11.4 Å². The predicted octanol–water partition coefficient (Wildman–Crippen LogP) is 4.22. The Morgan fingerprint density at radius 1 is 1.42 bits per heavy atom. The molecule has 0 radical (unpaired) electrons. The van der Waals surface area contributed by atoms with Crippen LogP contribution in [-0.4, -0.2) is 18.2 Å². The normalized spacial score (nSPS) is 11.7. The van der Waals surface area contributed by atoms with Crippen LogP contribution in [-0.2, 0) is 10.2 Å². The summed E-state index contributed by atoms with van der Waals surface area (Å²) in [6.07, 6.45) is 0.0649. The number of hydrogen-bond acceptors (Lipinski definition) is 2. The van der Waals surface area contributed by atoms with Gasteiger partial charge >= 0.3 is 5.97 Å². The van der Waals surface area contributed by atoms with Crippen LogP contribution in [0.1, 0.15) is 51.2 Å². The van der Waals surface area contributed by atoms with Crippen molar-refractivity contribution in [2.45, 2.75) is 45.4 Å². The van der Waals surface area contributed by atoms with Crippen LogP contribution in [0.25, 0.3) is 0 Å². The number of ether oxygens (including phenoxy) is 1. The van der Waals surface area contributed by atoms with Crippen LogP contribution in [0, 0.1) is 0 Å². The van der Waals surface area contributed by atoms with Crippen LogP contribution in [0.5, 0.6) is 5.75 Å². The van der Waals surface area contributed by atoms with Crippen molar-refractivity contribution < 1.29 is 14.6 Å². The van der Waals surface area contributed by atoms with E-state index in [1.807, 2.05) is 26.0 Å². The van der Waals surface area contributed by atoms with E-state index >= 15 is 0 Å². The summed E-state index contributed by atoms with van der Waals surface area (Å²) in [7, 11) is 1.58. The van der Waals surface area contributed by atoms with Crippen molar-refractivity contribution in [3.63, 3.8) is 0 Å². The summed E-state index contributed by atoms with van der Waals surface area (Å²) in [5, 5.41) is 9.57. The van der Waals surface area contributed by atoms with Crippen LogP contribution in [0.4, 0.5) is 0 Å². The Balaban J connectivity index is 3.40. The lowest BCUT2D eigenvalue weighted by Crippen LogP contribution is -2.23. The minimum Gasteiger partial charge on any atom is -0.495 e. The molecule has 106 valence electrons. The standard InChI is InChI=1S/C15H21ClO3/c1-9(2)10-6-13(19-5)12(16)7-11(10)15(3,4)8-14(17)18/h6-7,9H,8H2,1-5H3,(H,17,18). The van der Waals surface area contributed by atoms with Crippen molar-refractivity contribution >= 4 is 17.6 Å². The predicted molar refractivity (Wildman–Crippen MR) is 77.4 cm³/mol. The second-order valence-electron chi connectivity index (χ2n) is 5.68. The first-order valence-corrected chi connectivity index (χ1v) is 6.66. The Hall–Kier alpha value is -1.22. The van der Waals surface area contributed by atoms with E-state index in [0.29, 0.717) is 10.8 Å². The number of carboxylic acid groups (broad SMARTS) is 1. The molecular formula is C15H21ClO3. The molecule has 1 N–H and O–H groups in total. The molecule has 0 saturated carbocycles. The zero-order chi connectivity index (χ0) is 14.8. The first-order chi connectivity index (χ1) is 8.69. The number of rotatable bonds is 5. The fraction of sp³-hybridized carbons (Fsp3) is 0.533. The molecule has 0 atom stereocenters. The third-order valence-corrected chi connectivity index (χ3v) is 3.56. The van der Waals surface area contributed by atoms with Gasteiger partial charge in [0.1, 0.15) is 5.75 Å². The lowest BCUT2D eigenvalue weighted by atomic mass is 9.77. The van der Waals surface area contributed by atoms with E-state index in [4.69, 9.17) is 21.4 Å². The number of carbonyl (C=O) groups is 1. The van der Waals surface area contributed by atoms with Gasteiger partial charge in [0.25, 0.3) is 0 Å². The number of aliphatic carboxylic acids is 1. The smallest absolute Gasteiger partial charge is 0.304 e. The van der Waals surface area contributed by atoms with Gasteiger partial charge in [0.05, 0.1) is 18.6 Å². The Morgan fingerprint density at radius 3 is 2.42 bits per heavy atom. The minimum absolute atomic E-state index is 0.0649. The number of carboxylic acids is 1. The third kappa shape index (κ3) is 3.63. The molecule has 0 spiro atoms. The highest BCUT2D eigenvalue weighted by atomic mass is 35.5. The maximum atomic E-state index is 11.0. The molecule has 0 amide bonds. The second-order valence-corrected chi connectivity index (χ2v) is 6.09. The number of methoxy groups -OCH3 is 1. The third-order valence-electron chi connectivity index (χ3n) is 3.27. The number of hydrogen-bond donors (Lipinski definition) is 1. The van der Waals surface area contributed by atoms with Crippen molar-refractivity contribution in [3.8, 4) is 5.75 Å². The first kappa shape index (κ1) is 15.8. The summed E-state index contributed by atoms with van der Waals surface area (Å²) >= 11 is 6.18. The summed E-state index contributed by atoms with van der Waals surface area (Å²) in [6, 6.07) is 3.74. The maximum Gasteiger partial charge on any atom is 0.304 e. The van der Waals surface area contributed by atoms with Crippen molar-refractivity contribution in [1.29, 1.82) is 0 Å². The van der Waals surface area contributed by atoms with E-state index in [1.165, 1.54) is 0 Å². The zero-order valence-electron chi connectivity index (χ0n) is 12.1. The van der Waals surface area contributed by atoms with Gasteiger partial charge in [0.2, 0.25) is 0 Å². The topological polar surface area (TPSA) is 46.5 Å². The molecule has 0 aliphatic carbocycles. The molecule has 0 aromatic heterocycles. The van der Waals surface area contributed by atoms with E-state index in [0.717, 1.165) is 11.1 Å². The van der Waals surface area contributed by atoms with Crippen molar-refractivity contribution in [1.82, 2.24) is 0 Å². The lowest BCUT2D eigenvalue weighted by molar-refractivity contribution is -0.138. The van der Waals surface area contributed by atoms with Crippen LogP contribution < -0.4 is 4.74 Å².